The average molecular weight is 529 g/mol. The molecule has 39 heavy (non-hydrogen) atoms. The number of methoxy groups -OCH3 is 1. The van der Waals surface area contributed by atoms with E-state index in [9.17, 15) is 0 Å². The second-order valence-electron chi connectivity index (χ2n) is 11.0. The summed E-state index contributed by atoms with van der Waals surface area (Å²) in [6.07, 6.45) is 40.0. The van der Waals surface area contributed by atoms with E-state index in [-0.39, 0.29) is 5.60 Å². The molecule has 0 unspecified atom stereocenters. The monoisotopic (exact) mass is 528 g/mol. The molecular weight excluding hydrogens is 472 g/mol. The number of rotatable bonds is 17. The van der Waals surface area contributed by atoms with Crippen LogP contribution in [0.25, 0.3) is 0 Å². The first kappa shape index (κ1) is 36.1. The van der Waals surface area contributed by atoms with Gasteiger partial charge in [0.05, 0.1) is 5.60 Å². The predicted molar refractivity (Wildman–Crippen MR) is 178 cm³/mol. The van der Waals surface area contributed by atoms with Gasteiger partial charge in [0.25, 0.3) is 0 Å². The summed E-state index contributed by atoms with van der Waals surface area (Å²) in [5.41, 5.74) is 7.69. The lowest BCUT2D eigenvalue weighted by Gasteiger charge is -2.20. The zero-order chi connectivity index (χ0) is 29.5. The van der Waals surface area contributed by atoms with Crippen LogP contribution in [-0.2, 0) is 4.74 Å². The topological polar surface area (TPSA) is 9.23 Å². The Kier molecular flexibility index (Phi) is 20.3. The largest absolute Gasteiger partial charge is 0.378 e. The molecule has 0 aliphatic heterocycles. The molecule has 0 aromatic heterocycles. The molecule has 0 bridgehead atoms. The fourth-order valence-corrected chi connectivity index (χ4v) is 3.44. The minimum absolute atomic E-state index is 0.116. The molecule has 0 N–H and O–H groups in total. The molecule has 0 amide bonds. The molecule has 0 aliphatic carbocycles. The lowest BCUT2D eigenvalue weighted by Crippen LogP contribution is -2.20. The smallest absolute Gasteiger partial charge is 0.0657 e. The molecule has 0 saturated carbocycles. The van der Waals surface area contributed by atoms with Gasteiger partial charge in [0, 0.05) is 7.11 Å². The van der Waals surface area contributed by atoms with Crippen LogP contribution in [0, 0.1) is 0 Å². The SMILES string of the molecule is CCC/C(C)=C/CC/C(C)=C/C=C/C(C)=C/C=C/C=C(C)/C=C/C=C(C)/C=C/C=C(C)/C=C/CC(C)(C)OC. The first-order valence-corrected chi connectivity index (χ1v) is 14.4. The summed E-state index contributed by atoms with van der Waals surface area (Å²) in [6, 6.07) is 0. The van der Waals surface area contributed by atoms with Crippen molar-refractivity contribution in [3.8, 4) is 0 Å². The third-order valence-electron chi connectivity index (χ3n) is 6.22. The summed E-state index contributed by atoms with van der Waals surface area (Å²) in [7, 11) is 1.76. The minimum atomic E-state index is -0.116. The normalized spacial score (nSPS) is 15.9. The van der Waals surface area contributed by atoms with E-state index in [1.165, 1.54) is 46.3 Å². The molecule has 1 heteroatoms. The predicted octanol–water partition coefficient (Wildman–Crippen LogP) is 11.8. The zero-order valence-electron chi connectivity index (χ0n) is 26.7. The summed E-state index contributed by atoms with van der Waals surface area (Å²) < 4.78 is 5.45. The van der Waals surface area contributed by atoms with Crippen molar-refractivity contribution in [2.24, 2.45) is 0 Å². The fraction of sp³-hybridized carbons (Fsp3) is 0.421. The van der Waals surface area contributed by atoms with Crippen molar-refractivity contribution >= 4 is 0 Å². The third-order valence-corrected chi connectivity index (χ3v) is 6.22. The summed E-state index contributed by atoms with van der Waals surface area (Å²) in [6.45, 7) is 19.4. The van der Waals surface area contributed by atoms with Gasteiger partial charge in [-0.1, -0.05) is 144 Å². The Bertz CT molecular complexity index is 1040. The van der Waals surface area contributed by atoms with Crippen molar-refractivity contribution in [2.45, 2.75) is 100 Å². The lowest BCUT2D eigenvalue weighted by molar-refractivity contribution is 0.0255. The van der Waals surface area contributed by atoms with E-state index in [1.54, 1.807) is 7.11 Å². The second-order valence-corrected chi connectivity index (χ2v) is 11.0. The van der Waals surface area contributed by atoms with Crippen LogP contribution in [0.1, 0.15) is 94.4 Å². The van der Waals surface area contributed by atoms with Crippen molar-refractivity contribution < 1.29 is 4.74 Å². The van der Waals surface area contributed by atoms with Crippen LogP contribution in [-0.4, -0.2) is 12.7 Å². The molecule has 0 spiro atoms. The van der Waals surface area contributed by atoms with Gasteiger partial charge in [-0.05, 0) is 81.1 Å². The van der Waals surface area contributed by atoms with Gasteiger partial charge in [-0.15, -0.1) is 0 Å². The van der Waals surface area contributed by atoms with E-state index in [1.807, 2.05) is 0 Å². The Morgan fingerprint density at radius 3 is 1.54 bits per heavy atom. The Morgan fingerprint density at radius 2 is 1.05 bits per heavy atom. The van der Waals surface area contributed by atoms with Crippen molar-refractivity contribution in [2.75, 3.05) is 7.11 Å². The Hall–Kier alpha value is -2.90. The highest BCUT2D eigenvalue weighted by molar-refractivity contribution is 5.32. The summed E-state index contributed by atoms with van der Waals surface area (Å²) in [5.74, 6) is 0. The van der Waals surface area contributed by atoms with Gasteiger partial charge in [0.2, 0.25) is 0 Å². The van der Waals surface area contributed by atoms with Gasteiger partial charge in [-0.3, -0.25) is 0 Å². The molecule has 214 valence electrons. The molecule has 0 aromatic carbocycles. The van der Waals surface area contributed by atoms with Crippen LogP contribution in [0.15, 0.2) is 131 Å². The maximum absolute atomic E-state index is 5.45. The average Bonchev–Trinajstić information content (AvgIpc) is 2.86. The van der Waals surface area contributed by atoms with Crippen LogP contribution in [0.5, 0.6) is 0 Å². The van der Waals surface area contributed by atoms with Crippen molar-refractivity contribution in [1.29, 1.82) is 0 Å². The molecule has 0 heterocycles. The Morgan fingerprint density at radius 1 is 0.590 bits per heavy atom. The highest BCUT2D eigenvalue weighted by atomic mass is 16.5. The number of ether oxygens (including phenoxy) is 1. The third kappa shape index (κ3) is 22.8. The fourth-order valence-electron chi connectivity index (χ4n) is 3.44. The Labute approximate surface area is 242 Å². The minimum Gasteiger partial charge on any atom is -0.378 e. The van der Waals surface area contributed by atoms with E-state index in [0.717, 1.165) is 19.3 Å². The molecule has 0 saturated heterocycles. The van der Waals surface area contributed by atoms with Crippen molar-refractivity contribution in [3.05, 3.63) is 131 Å². The molecule has 1 nitrogen and oxygen atoms in total. The van der Waals surface area contributed by atoms with E-state index < -0.39 is 0 Å². The van der Waals surface area contributed by atoms with E-state index in [0.29, 0.717) is 0 Å². The maximum atomic E-state index is 5.45. The van der Waals surface area contributed by atoms with Gasteiger partial charge >= 0.3 is 0 Å². The molecule has 0 fully saturated rings. The highest BCUT2D eigenvalue weighted by Gasteiger charge is 2.12. The van der Waals surface area contributed by atoms with Crippen LogP contribution in [0.2, 0.25) is 0 Å². The van der Waals surface area contributed by atoms with Gasteiger partial charge in [0.1, 0.15) is 0 Å². The standard InChI is InChI=1S/C38H56O/c1-11-19-32(2)22-14-25-35(5)26-15-23-33(3)20-12-13-21-34(4)24-16-27-36(6)28-17-29-37(7)30-18-31-38(8,9)39-10/h12-13,15-18,20-24,26-30H,11,14,19,25,31H2,1-10H3/b13-12+,23-15+,24-16+,28-17+,30-18+,32-22+,33-20+,34-21+,35-26+,36-27+,37-29+. The molecule has 0 aliphatic rings. The van der Waals surface area contributed by atoms with Crippen molar-refractivity contribution in [3.63, 3.8) is 0 Å². The van der Waals surface area contributed by atoms with Gasteiger partial charge < -0.3 is 4.74 Å². The quantitative estimate of drug-likeness (QED) is 0.135. The second kappa shape index (κ2) is 22.0. The van der Waals surface area contributed by atoms with Crippen LogP contribution >= 0.6 is 0 Å². The van der Waals surface area contributed by atoms with Crippen LogP contribution in [0.4, 0.5) is 0 Å². The summed E-state index contributed by atoms with van der Waals surface area (Å²) >= 11 is 0. The van der Waals surface area contributed by atoms with Crippen LogP contribution in [0.3, 0.4) is 0 Å². The Balaban J connectivity index is 4.68. The number of allylic oxidation sites excluding steroid dienone is 21. The lowest BCUT2D eigenvalue weighted by atomic mass is 10.0. The number of hydrogen-bond donors (Lipinski definition) is 0. The van der Waals surface area contributed by atoms with Gasteiger partial charge in [-0.2, -0.15) is 0 Å². The first-order chi connectivity index (χ1) is 18.5. The molecule has 0 atom stereocenters. The van der Waals surface area contributed by atoms with Crippen molar-refractivity contribution in [1.82, 2.24) is 0 Å². The molecule has 0 radical (unpaired) electrons. The summed E-state index contributed by atoms with van der Waals surface area (Å²) in [5, 5.41) is 0. The first-order valence-electron chi connectivity index (χ1n) is 14.4. The van der Waals surface area contributed by atoms with Gasteiger partial charge in [-0.25, -0.2) is 0 Å². The maximum Gasteiger partial charge on any atom is 0.0657 e. The zero-order valence-corrected chi connectivity index (χ0v) is 26.7. The van der Waals surface area contributed by atoms with E-state index in [2.05, 4.69) is 160 Å². The van der Waals surface area contributed by atoms with E-state index in [4.69, 9.17) is 4.74 Å². The molecular formula is C38H56O. The summed E-state index contributed by atoms with van der Waals surface area (Å²) in [4.78, 5) is 0. The highest BCUT2D eigenvalue weighted by Crippen LogP contribution is 2.14. The van der Waals surface area contributed by atoms with E-state index >= 15 is 0 Å². The van der Waals surface area contributed by atoms with Crippen LogP contribution < -0.4 is 0 Å². The molecule has 0 rings (SSSR count). The molecule has 0 aromatic rings. The number of hydrogen-bond acceptors (Lipinski definition) is 1. The van der Waals surface area contributed by atoms with Gasteiger partial charge in [0.15, 0.2) is 0 Å².